The fourth-order valence-corrected chi connectivity index (χ4v) is 1.05. The maximum atomic E-state index is 8.78. The van der Waals surface area contributed by atoms with Crippen molar-refractivity contribution in [1.29, 1.82) is 5.26 Å². The van der Waals surface area contributed by atoms with Crippen LogP contribution in [-0.2, 0) is 0 Å². The summed E-state index contributed by atoms with van der Waals surface area (Å²) < 4.78 is 5.47. The van der Waals surface area contributed by atoms with Crippen molar-refractivity contribution in [2.24, 2.45) is 5.92 Å². The van der Waals surface area contributed by atoms with Gasteiger partial charge in [-0.2, -0.15) is 5.26 Å². The van der Waals surface area contributed by atoms with Gasteiger partial charge in [0.15, 0.2) is 0 Å². The van der Waals surface area contributed by atoms with Crippen LogP contribution in [0.2, 0.25) is 0 Å². The molecule has 1 aromatic rings. The standard InChI is InChI=1S/C11H12ClNO/c1-9(6-12)8-14-11-5-3-2-4-10(11)7-13/h2-5,9H,6,8H2,1H3. The minimum absolute atomic E-state index is 0.295. The van der Waals surface area contributed by atoms with Crippen molar-refractivity contribution in [2.45, 2.75) is 6.92 Å². The number of nitrogens with zero attached hydrogens (tertiary/aromatic N) is 1. The van der Waals surface area contributed by atoms with Gasteiger partial charge in [0, 0.05) is 11.8 Å². The number of para-hydroxylation sites is 1. The number of ether oxygens (including phenoxy) is 1. The topological polar surface area (TPSA) is 33.0 Å². The van der Waals surface area contributed by atoms with E-state index >= 15 is 0 Å². The zero-order valence-corrected chi connectivity index (χ0v) is 8.79. The molecule has 14 heavy (non-hydrogen) atoms. The van der Waals surface area contributed by atoms with Crippen molar-refractivity contribution in [3.8, 4) is 11.8 Å². The van der Waals surface area contributed by atoms with E-state index in [0.29, 0.717) is 29.7 Å². The summed E-state index contributed by atoms with van der Waals surface area (Å²) in [5.41, 5.74) is 0.564. The number of halogens is 1. The van der Waals surface area contributed by atoms with Crippen LogP contribution in [-0.4, -0.2) is 12.5 Å². The van der Waals surface area contributed by atoms with Gasteiger partial charge in [-0.05, 0) is 12.1 Å². The Bertz CT molecular complexity index is 332. The van der Waals surface area contributed by atoms with Crippen LogP contribution >= 0.6 is 11.6 Å². The number of nitriles is 1. The zero-order valence-electron chi connectivity index (χ0n) is 8.03. The van der Waals surface area contributed by atoms with Crippen molar-refractivity contribution in [1.82, 2.24) is 0 Å². The summed E-state index contributed by atoms with van der Waals surface area (Å²) in [7, 11) is 0. The van der Waals surface area contributed by atoms with Crippen molar-refractivity contribution < 1.29 is 4.74 Å². The lowest BCUT2D eigenvalue weighted by Crippen LogP contribution is -2.10. The highest BCUT2D eigenvalue weighted by atomic mass is 35.5. The highest BCUT2D eigenvalue weighted by Gasteiger charge is 2.04. The molecule has 0 aliphatic rings. The molecule has 0 fully saturated rings. The van der Waals surface area contributed by atoms with Crippen molar-refractivity contribution in [3.05, 3.63) is 29.8 Å². The van der Waals surface area contributed by atoms with E-state index in [1.165, 1.54) is 0 Å². The molecule has 1 unspecified atom stereocenters. The predicted molar refractivity (Wildman–Crippen MR) is 56.5 cm³/mol. The Labute approximate surface area is 89.1 Å². The molecular weight excluding hydrogens is 198 g/mol. The van der Waals surface area contributed by atoms with Crippen LogP contribution in [0.15, 0.2) is 24.3 Å². The van der Waals surface area contributed by atoms with E-state index < -0.39 is 0 Å². The van der Waals surface area contributed by atoms with Gasteiger partial charge in [0.1, 0.15) is 11.8 Å². The Morgan fingerprint density at radius 1 is 1.50 bits per heavy atom. The van der Waals surface area contributed by atoms with Crippen molar-refractivity contribution >= 4 is 11.6 Å². The van der Waals surface area contributed by atoms with E-state index in [2.05, 4.69) is 6.07 Å². The van der Waals surface area contributed by atoms with Crippen LogP contribution < -0.4 is 4.74 Å². The minimum atomic E-state index is 0.295. The first-order chi connectivity index (χ1) is 6.77. The monoisotopic (exact) mass is 209 g/mol. The van der Waals surface area contributed by atoms with Crippen LogP contribution in [0.4, 0.5) is 0 Å². The number of alkyl halides is 1. The van der Waals surface area contributed by atoms with Crippen molar-refractivity contribution in [3.63, 3.8) is 0 Å². The van der Waals surface area contributed by atoms with Crippen LogP contribution in [0, 0.1) is 17.2 Å². The molecule has 0 aliphatic carbocycles. The zero-order chi connectivity index (χ0) is 10.4. The van der Waals surface area contributed by atoms with Gasteiger partial charge in [0.05, 0.1) is 12.2 Å². The first-order valence-corrected chi connectivity index (χ1v) is 4.99. The van der Waals surface area contributed by atoms with Gasteiger partial charge in [-0.3, -0.25) is 0 Å². The lowest BCUT2D eigenvalue weighted by atomic mass is 10.2. The summed E-state index contributed by atoms with van der Waals surface area (Å²) in [6.07, 6.45) is 0. The molecule has 0 amide bonds. The number of benzene rings is 1. The summed E-state index contributed by atoms with van der Waals surface area (Å²) in [5.74, 6) is 1.49. The third-order valence-electron chi connectivity index (χ3n) is 1.79. The van der Waals surface area contributed by atoms with Crippen LogP contribution in [0.5, 0.6) is 5.75 Å². The van der Waals surface area contributed by atoms with Crippen LogP contribution in [0.25, 0.3) is 0 Å². The van der Waals surface area contributed by atoms with Crippen LogP contribution in [0.3, 0.4) is 0 Å². The van der Waals surface area contributed by atoms with Crippen LogP contribution in [0.1, 0.15) is 12.5 Å². The quantitative estimate of drug-likeness (QED) is 0.715. The minimum Gasteiger partial charge on any atom is -0.492 e. The smallest absolute Gasteiger partial charge is 0.137 e. The summed E-state index contributed by atoms with van der Waals surface area (Å²) in [6, 6.07) is 9.27. The van der Waals surface area contributed by atoms with Gasteiger partial charge in [-0.25, -0.2) is 0 Å². The van der Waals surface area contributed by atoms with E-state index in [1.807, 2.05) is 19.1 Å². The van der Waals surface area contributed by atoms with Crippen molar-refractivity contribution in [2.75, 3.05) is 12.5 Å². The van der Waals surface area contributed by atoms with Gasteiger partial charge in [0.25, 0.3) is 0 Å². The molecule has 0 heterocycles. The van der Waals surface area contributed by atoms with Gasteiger partial charge in [-0.1, -0.05) is 19.1 Å². The fourth-order valence-electron chi connectivity index (χ4n) is 0.961. The average molecular weight is 210 g/mol. The molecule has 74 valence electrons. The number of rotatable bonds is 4. The average Bonchev–Trinajstić information content (AvgIpc) is 2.26. The van der Waals surface area contributed by atoms with E-state index in [4.69, 9.17) is 21.6 Å². The fraction of sp³-hybridized carbons (Fsp3) is 0.364. The van der Waals surface area contributed by atoms with E-state index in [1.54, 1.807) is 12.1 Å². The largest absolute Gasteiger partial charge is 0.492 e. The highest BCUT2D eigenvalue weighted by Crippen LogP contribution is 2.17. The summed E-state index contributed by atoms with van der Waals surface area (Å²) in [5, 5.41) is 8.78. The molecule has 2 nitrogen and oxygen atoms in total. The molecule has 1 rings (SSSR count). The molecule has 0 saturated carbocycles. The van der Waals surface area contributed by atoms with E-state index in [9.17, 15) is 0 Å². The SMILES string of the molecule is CC(CCl)COc1ccccc1C#N. The molecule has 0 aromatic heterocycles. The molecule has 0 saturated heterocycles. The van der Waals surface area contributed by atoms with Gasteiger partial charge in [0.2, 0.25) is 0 Å². The maximum absolute atomic E-state index is 8.78. The molecule has 0 radical (unpaired) electrons. The third-order valence-corrected chi connectivity index (χ3v) is 2.32. The highest BCUT2D eigenvalue weighted by molar-refractivity contribution is 6.18. The first kappa shape index (κ1) is 10.9. The number of hydrogen-bond acceptors (Lipinski definition) is 2. The third kappa shape index (κ3) is 2.93. The summed E-state index contributed by atoms with van der Waals surface area (Å²) in [4.78, 5) is 0. The molecular formula is C11H12ClNO. The second kappa shape index (κ2) is 5.51. The normalized spacial score (nSPS) is 11.8. The molecule has 1 atom stereocenters. The Morgan fingerprint density at radius 3 is 2.86 bits per heavy atom. The first-order valence-electron chi connectivity index (χ1n) is 4.45. The Kier molecular flexibility index (Phi) is 4.28. The summed E-state index contributed by atoms with van der Waals surface area (Å²) >= 11 is 5.65. The molecule has 0 bridgehead atoms. The lowest BCUT2D eigenvalue weighted by Gasteiger charge is -2.10. The van der Waals surface area contributed by atoms with Gasteiger partial charge in [-0.15, -0.1) is 11.6 Å². The molecule has 0 N–H and O–H groups in total. The van der Waals surface area contributed by atoms with Gasteiger partial charge < -0.3 is 4.74 Å². The maximum Gasteiger partial charge on any atom is 0.137 e. The molecule has 0 aliphatic heterocycles. The molecule has 1 aromatic carbocycles. The predicted octanol–water partition coefficient (Wildman–Crippen LogP) is 2.81. The Morgan fingerprint density at radius 2 is 2.21 bits per heavy atom. The second-order valence-electron chi connectivity index (χ2n) is 3.18. The molecule has 0 spiro atoms. The molecule has 3 heteroatoms. The Hall–Kier alpha value is -1.20. The Balaban J connectivity index is 2.63. The summed E-state index contributed by atoms with van der Waals surface area (Å²) in [6.45, 7) is 2.55. The number of hydrogen-bond donors (Lipinski definition) is 0. The van der Waals surface area contributed by atoms with Gasteiger partial charge >= 0.3 is 0 Å². The van der Waals surface area contributed by atoms with E-state index in [-0.39, 0.29) is 0 Å². The van der Waals surface area contributed by atoms with E-state index in [0.717, 1.165) is 0 Å². The lowest BCUT2D eigenvalue weighted by molar-refractivity contribution is 0.272. The second-order valence-corrected chi connectivity index (χ2v) is 3.49.